The second kappa shape index (κ2) is 8.95. The van der Waals surface area contributed by atoms with Crippen molar-refractivity contribution in [1.29, 1.82) is 5.26 Å². The fourth-order valence-electron chi connectivity index (χ4n) is 4.42. The van der Waals surface area contributed by atoms with E-state index in [0.717, 1.165) is 60.7 Å². The highest BCUT2D eigenvalue weighted by Crippen LogP contribution is 2.35. The van der Waals surface area contributed by atoms with E-state index in [1.807, 2.05) is 42.6 Å². The first-order valence-corrected chi connectivity index (χ1v) is 10.9. The van der Waals surface area contributed by atoms with Crippen molar-refractivity contribution in [2.24, 2.45) is 5.41 Å². The van der Waals surface area contributed by atoms with Crippen LogP contribution in [0.4, 0.5) is 0 Å². The average molecular weight is 412 g/mol. The van der Waals surface area contributed by atoms with Crippen LogP contribution in [0.5, 0.6) is 0 Å². The van der Waals surface area contributed by atoms with Crippen LogP contribution < -0.4 is 0 Å². The first-order valence-electron chi connectivity index (χ1n) is 10.9. The maximum Gasteiger partial charge on any atom is 0.159 e. The van der Waals surface area contributed by atoms with Crippen LogP contribution in [0.25, 0.3) is 22.5 Å². The van der Waals surface area contributed by atoms with Crippen LogP contribution in [0.15, 0.2) is 55.0 Å². The van der Waals surface area contributed by atoms with Gasteiger partial charge in [0.05, 0.1) is 17.3 Å². The van der Waals surface area contributed by atoms with E-state index in [4.69, 9.17) is 4.98 Å². The molecule has 0 aliphatic carbocycles. The van der Waals surface area contributed by atoms with Gasteiger partial charge in [-0.1, -0.05) is 32.9 Å². The van der Waals surface area contributed by atoms with E-state index in [1.54, 1.807) is 12.4 Å². The molecule has 4 rings (SSSR count). The molecule has 1 unspecified atom stereocenters. The summed E-state index contributed by atoms with van der Waals surface area (Å²) in [5, 5.41) is 9.37. The third-order valence-electron chi connectivity index (χ3n) is 5.65. The van der Waals surface area contributed by atoms with Gasteiger partial charge < -0.3 is 4.90 Å². The summed E-state index contributed by atoms with van der Waals surface area (Å²) in [4.78, 5) is 16.4. The molecule has 1 aromatic carbocycles. The van der Waals surface area contributed by atoms with Gasteiger partial charge in [0.1, 0.15) is 0 Å². The van der Waals surface area contributed by atoms with Crippen molar-refractivity contribution in [2.75, 3.05) is 19.6 Å². The maximum absolute atomic E-state index is 9.37. The molecule has 1 aliphatic heterocycles. The van der Waals surface area contributed by atoms with E-state index in [0.29, 0.717) is 11.5 Å². The topological polar surface area (TPSA) is 65.7 Å². The monoisotopic (exact) mass is 411 g/mol. The highest BCUT2D eigenvalue weighted by molar-refractivity contribution is 5.69. The van der Waals surface area contributed by atoms with Crippen molar-refractivity contribution < 1.29 is 0 Å². The molecule has 1 saturated heterocycles. The fraction of sp³-hybridized carbons (Fsp3) is 0.385. The fourth-order valence-corrected chi connectivity index (χ4v) is 4.42. The predicted molar refractivity (Wildman–Crippen MR) is 123 cm³/mol. The molecule has 1 atom stereocenters. The number of rotatable bonds is 4. The molecule has 0 saturated carbocycles. The lowest BCUT2D eigenvalue weighted by Crippen LogP contribution is -2.40. The van der Waals surface area contributed by atoms with E-state index < -0.39 is 0 Å². The van der Waals surface area contributed by atoms with Gasteiger partial charge in [-0.05, 0) is 54.6 Å². The predicted octanol–water partition coefficient (Wildman–Crippen LogP) is 5.30. The minimum atomic E-state index is 0.264. The van der Waals surface area contributed by atoms with E-state index in [1.165, 1.54) is 0 Å². The zero-order valence-electron chi connectivity index (χ0n) is 18.5. The zero-order chi connectivity index (χ0) is 21.8. The lowest BCUT2D eigenvalue weighted by Gasteiger charge is -2.37. The molecule has 0 N–H and O–H groups in total. The summed E-state index contributed by atoms with van der Waals surface area (Å²) in [6.07, 6.45) is 7.74. The quantitative estimate of drug-likeness (QED) is 0.583. The first-order chi connectivity index (χ1) is 14.9. The second-order valence-electron chi connectivity index (χ2n) is 9.56. The Bertz CT molecular complexity index is 1080. The Morgan fingerprint density at radius 2 is 1.94 bits per heavy atom. The van der Waals surface area contributed by atoms with Gasteiger partial charge in [0.15, 0.2) is 5.82 Å². The smallest absolute Gasteiger partial charge is 0.159 e. The van der Waals surface area contributed by atoms with E-state index in [9.17, 15) is 5.26 Å². The molecule has 1 aliphatic rings. The Balaban J connectivity index is 1.76. The molecule has 5 heteroatoms. The van der Waals surface area contributed by atoms with Gasteiger partial charge in [-0.3, -0.25) is 4.98 Å². The zero-order valence-corrected chi connectivity index (χ0v) is 18.5. The van der Waals surface area contributed by atoms with Crippen molar-refractivity contribution >= 4 is 0 Å². The largest absolute Gasteiger partial charge is 0.302 e. The second-order valence-corrected chi connectivity index (χ2v) is 9.56. The third-order valence-corrected chi connectivity index (χ3v) is 5.65. The van der Waals surface area contributed by atoms with Crippen LogP contribution in [0.3, 0.4) is 0 Å². The molecule has 0 radical (unpaired) electrons. The number of nitrogens with zero attached hydrogens (tertiary/aromatic N) is 5. The molecule has 5 nitrogen and oxygen atoms in total. The van der Waals surface area contributed by atoms with Gasteiger partial charge in [-0.15, -0.1) is 0 Å². The highest BCUT2D eigenvalue weighted by Gasteiger charge is 2.28. The van der Waals surface area contributed by atoms with E-state index in [-0.39, 0.29) is 5.41 Å². The lowest BCUT2D eigenvalue weighted by molar-refractivity contribution is 0.150. The molecule has 31 heavy (non-hydrogen) atoms. The molecule has 3 aromatic rings. The molecule has 2 aromatic heterocycles. The molecule has 3 heterocycles. The molecular formula is C26H29N5. The van der Waals surface area contributed by atoms with Crippen LogP contribution in [-0.2, 0) is 0 Å². The number of likely N-dealkylation sites (tertiary alicyclic amines) is 1. The van der Waals surface area contributed by atoms with Gasteiger partial charge in [0.25, 0.3) is 0 Å². The van der Waals surface area contributed by atoms with E-state index in [2.05, 4.69) is 41.7 Å². The van der Waals surface area contributed by atoms with Crippen LogP contribution >= 0.6 is 0 Å². The number of benzene rings is 1. The summed E-state index contributed by atoms with van der Waals surface area (Å²) in [7, 11) is 0. The van der Waals surface area contributed by atoms with Crippen molar-refractivity contribution in [2.45, 2.75) is 39.5 Å². The average Bonchev–Trinajstić information content (AvgIpc) is 2.78. The Morgan fingerprint density at radius 1 is 1.13 bits per heavy atom. The Labute approximate surface area is 184 Å². The third kappa shape index (κ3) is 5.15. The van der Waals surface area contributed by atoms with Crippen molar-refractivity contribution in [3.05, 3.63) is 66.2 Å². The molecule has 1 fully saturated rings. The molecule has 158 valence electrons. The van der Waals surface area contributed by atoms with Crippen LogP contribution in [-0.4, -0.2) is 39.5 Å². The van der Waals surface area contributed by atoms with Gasteiger partial charge in [-0.2, -0.15) is 5.26 Å². The van der Waals surface area contributed by atoms with Crippen LogP contribution in [0, 0.1) is 16.7 Å². The van der Waals surface area contributed by atoms with Gasteiger partial charge in [0.2, 0.25) is 0 Å². The summed E-state index contributed by atoms with van der Waals surface area (Å²) in [6.45, 7) is 10.1. The SMILES string of the molecule is CC(C)(C)CN1CCCC(c2nc(-c3ccncc3)ncc2-c2cccc(C#N)c2)C1. The number of nitriles is 1. The molecule has 0 bridgehead atoms. The standard InChI is InChI=1S/C26H29N5/c1-26(2,3)18-31-13-5-8-22(17-31)24-23(21-7-4-6-19(14-21)15-27)16-29-25(30-24)20-9-11-28-12-10-20/h4,6-7,9-12,14,16,22H,5,8,13,17-18H2,1-3H3. The minimum absolute atomic E-state index is 0.264. The minimum Gasteiger partial charge on any atom is -0.302 e. The first kappa shape index (κ1) is 21.1. The Kier molecular flexibility index (Phi) is 6.11. The number of aromatic nitrogens is 3. The maximum atomic E-state index is 9.37. The van der Waals surface area contributed by atoms with Gasteiger partial charge in [-0.25, -0.2) is 9.97 Å². The van der Waals surface area contributed by atoms with E-state index >= 15 is 0 Å². The van der Waals surface area contributed by atoms with Gasteiger partial charge in [0, 0.05) is 48.7 Å². The highest BCUT2D eigenvalue weighted by atomic mass is 15.1. The number of hydrogen-bond acceptors (Lipinski definition) is 5. The summed E-state index contributed by atoms with van der Waals surface area (Å²) in [5.74, 6) is 1.06. The number of hydrogen-bond donors (Lipinski definition) is 0. The van der Waals surface area contributed by atoms with Crippen molar-refractivity contribution in [3.8, 4) is 28.6 Å². The Morgan fingerprint density at radius 3 is 2.68 bits per heavy atom. The number of pyridine rings is 1. The van der Waals surface area contributed by atoms with Crippen molar-refractivity contribution in [3.63, 3.8) is 0 Å². The van der Waals surface area contributed by atoms with Crippen molar-refractivity contribution in [1.82, 2.24) is 19.9 Å². The normalized spacial score (nSPS) is 17.3. The van der Waals surface area contributed by atoms with Gasteiger partial charge >= 0.3 is 0 Å². The number of piperidine rings is 1. The Hall–Kier alpha value is -3.10. The summed E-state index contributed by atoms with van der Waals surface area (Å²) in [6, 6.07) is 13.9. The molecule has 0 amide bonds. The van der Waals surface area contributed by atoms with Crippen LogP contribution in [0.2, 0.25) is 0 Å². The lowest BCUT2D eigenvalue weighted by atomic mass is 9.87. The molecular weight excluding hydrogens is 382 g/mol. The van der Waals surface area contributed by atoms with Crippen LogP contribution in [0.1, 0.15) is 50.8 Å². The summed E-state index contributed by atoms with van der Waals surface area (Å²) >= 11 is 0. The summed E-state index contributed by atoms with van der Waals surface area (Å²) in [5.41, 5.74) is 4.99. The molecule has 0 spiro atoms. The summed E-state index contributed by atoms with van der Waals surface area (Å²) < 4.78 is 0.